The fraction of sp³-hybridized carbons (Fsp3) is 0.400. The highest BCUT2D eigenvalue weighted by Gasteiger charge is 2.52. The number of halogens is 1. The number of aliphatic hydroxyl groups is 1. The van der Waals surface area contributed by atoms with Crippen molar-refractivity contribution in [1.82, 2.24) is 4.90 Å². The largest absolute Gasteiger partial charge is 0.395 e. The summed E-state index contributed by atoms with van der Waals surface area (Å²) in [6.07, 6.45) is 3.46. The van der Waals surface area contributed by atoms with Crippen LogP contribution in [-0.2, 0) is 10.2 Å². The molecule has 0 aromatic heterocycles. The predicted molar refractivity (Wildman–Crippen MR) is 78.9 cm³/mol. The van der Waals surface area contributed by atoms with E-state index in [0.717, 1.165) is 22.9 Å². The van der Waals surface area contributed by atoms with Gasteiger partial charge in [0.1, 0.15) is 0 Å². The van der Waals surface area contributed by atoms with E-state index in [0.29, 0.717) is 13.1 Å². The monoisotopic (exact) mass is 323 g/mol. The number of carbonyl (C=O) groups is 1. The fourth-order valence-electron chi connectivity index (χ4n) is 2.37. The summed E-state index contributed by atoms with van der Waals surface area (Å²) in [6.45, 7) is 4.50. The van der Waals surface area contributed by atoms with Gasteiger partial charge in [-0.2, -0.15) is 0 Å². The quantitative estimate of drug-likeness (QED) is 0.817. The van der Waals surface area contributed by atoms with Gasteiger partial charge in [-0.05, 0) is 30.5 Å². The summed E-state index contributed by atoms with van der Waals surface area (Å²) in [5.74, 6) is 0.101. The average molecular weight is 324 g/mol. The van der Waals surface area contributed by atoms with E-state index in [1.807, 2.05) is 24.3 Å². The van der Waals surface area contributed by atoms with Crippen molar-refractivity contribution in [1.29, 1.82) is 0 Å². The topological polar surface area (TPSA) is 40.5 Å². The molecule has 0 spiro atoms. The molecular weight excluding hydrogens is 306 g/mol. The minimum atomic E-state index is -0.376. The van der Waals surface area contributed by atoms with E-state index in [9.17, 15) is 4.79 Å². The summed E-state index contributed by atoms with van der Waals surface area (Å²) in [4.78, 5) is 14.3. The molecule has 0 unspecified atom stereocenters. The molecule has 2 rings (SSSR count). The number of amides is 1. The molecule has 4 heteroatoms. The molecule has 1 amide bonds. The van der Waals surface area contributed by atoms with Gasteiger partial charge in [0, 0.05) is 17.6 Å². The predicted octanol–water partition coefficient (Wildman–Crippen LogP) is 2.49. The first kappa shape index (κ1) is 14.3. The molecule has 0 radical (unpaired) electrons. The Labute approximate surface area is 122 Å². The zero-order chi connectivity index (χ0) is 13.9. The number of rotatable bonds is 6. The van der Waals surface area contributed by atoms with Gasteiger partial charge in [0.15, 0.2) is 0 Å². The van der Waals surface area contributed by atoms with Crippen LogP contribution in [0.15, 0.2) is 41.4 Å². The summed E-state index contributed by atoms with van der Waals surface area (Å²) >= 11 is 3.41. The number of benzene rings is 1. The molecule has 1 aromatic rings. The van der Waals surface area contributed by atoms with Crippen molar-refractivity contribution in [3.63, 3.8) is 0 Å². The van der Waals surface area contributed by atoms with Crippen LogP contribution in [0.3, 0.4) is 0 Å². The van der Waals surface area contributed by atoms with E-state index in [1.165, 1.54) is 0 Å². The molecule has 0 saturated heterocycles. The lowest BCUT2D eigenvalue weighted by Crippen LogP contribution is -2.41. The van der Waals surface area contributed by atoms with Crippen molar-refractivity contribution in [2.45, 2.75) is 18.3 Å². The van der Waals surface area contributed by atoms with Crippen LogP contribution in [0.25, 0.3) is 0 Å². The Kier molecular flexibility index (Phi) is 4.42. The molecule has 0 atom stereocenters. The first-order chi connectivity index (χ1) is 9.14. The van der Waals surface area contributed by atoms with Crippen LogP contribution < -0.4 is 0 Å². The Hall–Kier alpha value is -1.13. The molecule has 1 fully saturated rings. The molecule has 1 aromatic carbocycles. The third-order valence-electron chi connectivity index (χ3n) is 3.56. The highest BCUT2D eigenvalue weighted by Crippen LogP contribution is 2.49. The van der Waals surface area contributed by atoms with E-state index in [4.69, 9.17) is 5.11 Å². The van der Waals surface area contributed by atoms with Crippen LogP contribution in [0, 0.1) is 0 Å². The highest BCUT2D eigenvalue weighted by molar-refractivity contribution is 9.10. The van der Waals surface area contributed by atoms with Crippen LogP contribution in [0.4, 0.5) is 0 Å². The number of carbonyl (C=O) groups excluding carboxylic acids is 1. The van der Waals surface area contributed by atoms with Crippen molar-refractivity contribution in [3.8, 4) is 0 Å². The van der Waals surface area contributed by atoms with Crippen molar-refractivity contribution in [2.24, 2.45) is 0 Å². The molecule has 0 aliphatic heterocycles. The van der Waals surface area contributed by atoms with Gasteiger partial charge in [0.05, 0.1) is 12.0 Å². The van der Waals surface area contributed by atoms with E-state index < -0.39 is 0 Å². The molecule has 3 nitrogen and oxygen atoms in total. The third-order valence-corrected chi connectivity index (χ3v) is 4.09. The number of hydrogen-bond acceptors (Lipinski definition) is 2. The maximum Gasteiger partial charge on any atom is 0.233 e. The van der Waals surface area contributed by atoms with Gasteiger partial charge in [-0.3, -0.25) is 4.79 Å². The second kappa shape index (κ2) is 5.88. The van der Waals surface area contributed by atoms with Crippen LogP contribution >= 0.6 is 15.9 Å². The third kappa shape index (κ3) is 2.90. The van der Waals surface area contributed by atoms with Crippen molar-refractivity contribution >= 4 is 21.8 Å². The molecule has 1 saturated carbocycles. The van der Waals surface area contributed by atoms with Gasteiger partial charge in [-0.1, -0.05) is 34.1 Å². The zero-order valence-electron chi connectivity index (χ0n) is 10.8. The maximum atomic E-state index is 12.6. The Morgan fingerprint density at radius 1 is 1.42 bits per heavy atom. The number of nitrogens with zero attached hydrogens (tertiary/aromatic N) is 1. The minimum Gasteiger partial charge on any atom is -0.395 e. The van der Waals surface area contributed by atoms with Gasteiger partial charge in [-0.25, -0.2) is 0 Å². The average Bonchev–Trinajstić information content (AvgIpc) is 3.20. The van der Waals surface area contributed by atoms with Crippen molar-refractivity contribution < 1.29 is 9.90 Å². The first-order valence-electron chi connectivity index (χ1n) is 6.41. The Balaban J connectivity index is 2.21. The van der Waals surface area contributed by atoms with Crippen LogP contribution in [0.2, 0.25) is 0 Å². The first-order valence-corrected chi connectivity index (χ1v) is 7.20. The SMILES string of the molecule is C=CCN(CCO)C(=O)C1(c2ccc(Br)cc2)CC1. The molecule has 0 bridgehead atoms. The fourth-order valence-corrected chi connectivity index (χ4v) is 2.64. The molecule has 19 heavy (non-hydrogen) atoms. The van der Waals surface area contributed by atoms with Gasteiger partial charge >= 0.3 is 0 Å². The summed E-state index contributed by atoms with van der Waals surface area (Å²) in [7, 11) is 0. The van der Waals surface area contributed by atoms with Gasteiger partial charge in [0.2, 0.25) is 5.91 Å². The lowest BCUT2D eigenvalue weighted by molar-refractivity contribution is -0.133. The smallest absolute Gasteiger partial charge is 0.233 e. The van der Waals surface area contributed by atoms with E-state index in [2.05, 4.69) is 22.5 Å². The van der Waals surface area contributed by atoms with E-state index in [1.54, 1.807) is 11.0 Å². The van der Waals surface area contributed by atoms with Gasteiger partial charge < -0.3 is 10.0 Å². The second-order valence-electron chi connectivity index (χ2n) is 4.85. The minimum absolute atomic E-state index is 0.0179. The van der Waals surface area contributed by atoms with E-state index >= 15 is 0 Å². The van der Waals surface area contributed by atoms with Crippen molar-refractivity contribution in [2.75, 3.05) is 19.7 Å². The Morgan fingerprint density at radius 3 is 2.53 bits per heavy atom. The summed E-state index contributed by atoms with van der Waals surface area (Å²) in [5, 5.41) is 9.07. The Morgan fingerprint density at radius 2 is 2.05 bits per heavy atom. The second-order valence-corrected chi connectivity index (χ2v) is 5.77. The van der Waals surface area contributed by atoms with Crippen LogP contribution in [0.1, 0.15) is 18.4 Å². The molecular formula is C15H18BrNO2. The summed E-state index contributed by atoms with van der Waals surface area (Å²) in [5.41, 5.74) is 0.687. The number of hydrogen-bond donors (Lipinski definition) is 1. The zero-order valence-corrected chi connectivity index (χ0v) is 12.4. The molecule has 0 heterocycles. The highest BCUT2D eigenvalue weighted by atomic mass is 79.9. The van der Waals surface area contributed by atoms with Gasteiger partial charge in [-0.15, -0.1) is 6.58 Å². The summed E-state index contributed by atoms with van der Waals surface area (Å²) in [6, 6.07) is 7.93. The van der Waals surface area contributed by atoms with Crippen molar-refractivity contribution in [3.05, 3.63) is 47.0 Å². The molecule has 1 N–H and O–H groups in total. The maximum absolute atomic E-state index is 12.6. The van der Waals surface area contributed by atoms with Crippen LogP contribution in [-0.4, -0.2) is 35.6 Å². The van der Waals surface area contributed by atoms with Crippen LogP contribution in [0.5, 0.6) is 0 Å². The number of aliphatic hydroxyl groups excluding tert-OH is 1. The van der Waals surface area contributed by atoms with E-state index in [-0.39, 0.29) is 17.9 Å². The summed E-state index contributed by atoms with van der Waals surface area (Å²) < 4.78 is 1.01. The molecule has 1 aliphatic rings. The lowest BCUT2D eigenvalue weighted by Gasteiger charge is -2.26. The molecule has 102 valence electrons. The molecule has 1 aliphatic carbocycles. The van der Waals surface area contributed by atoms with Gasteiger partial charge in [0.25, 0.3) is 0 Å². The normalized spacial score (nSPS) is 15.9. The lowest BCUT2D eigenvalue weighted by atomic mass is 9.94. The Bertz CT molecular complexity index is 466. The standard InChI is InChI=1S/C15H18BrNO2/c1-2-9-17(10-11-18)14(19)15(7-8-15)12-3-5-13(16)6-4-12/h2-6,18H,1,7-11H2.